The lowest BCUT2D eigenvalue weighted by atomic mass is 9.87. The molecule has 0 aliphatic carbocycles. The minimum absolute atomic E-state index is 0.0611. The summed E-state index contributed by atoms with van der Waals surface area (Å²) >= 11 is 0. The molecule has 4 rings (SSSR count). The van der Waals surface area contributed by atoms with E-state index in [0.29, 0.717) is 0 Å². The lowest BCUT2D eigenvalue weighted by Crippen LogP contribution is -2.68. The van der Waals surface area contributed by atoms with Crippen LogP contribution in [0.2, 0.25) is 0 Å². The fourth-order valence-electron chi connectivity index (χ4n) is 5.25. The van der Waals surface area contributed by atoms with Crippen molar-refractivity contribution in [3.05, 3.63) is 24.3 Å². The number of alkyl halides is 1. The van der Waals surface area contributed by atoms with E-state index in [-0.39, 0.29) is 42.6 Å². The highest BCUT2D eigenvalue weighted by atomic mass is 19.1. The van der Waals surface area contributed by atoms with E-state index in [9.17, 15) is 19.2 Å². The van der Waals surface area contributed by atoms with Gasteiger partial charge in [0.2, 0.25) is 17.7 Å². The topological polar surface area (TPSA) is 125 Å². The third kappa shape index (κ3) is 3.90. The van der Waals surface area contributed by atoms with Crippen molar-refractivity contribution in [2.24, 2.45) is 17.8 Å². The molecule has 0 spiro atoms. The van der Waals surface area contributed by atoms with Gasteiger partial charge in [-0.15, -0.1) is 0 Å². The highest BCUT2D eigenvalue weighted by molar-refractivity contribution is 5.99. The Labute approximate surface area is 197 Å². The van der Waals surface area contributed by atoms with Crippen molar-refractivity contribution in [3.63, 3.8) is 0 Å². The highest BCUT2D eigenvalue weighted by Gasteiger charge is 2.70. The molecule has 2 N–H and O–H groups in total. The molecule has 3 aliphatic rings. The molecule has 1 aromatic heterocycles. The van der Waals surface area contributed by atoms with Crippen molar-refractivity contribution in [3.8, 4) is 0 Å². The Bertz CT molecular complexity index is 1000. The molecule has 3 saturated heterocycles. The molecule has 0 bridgehead atoms. The average molecular weight is 475 g/mol. The third-order valence-corrected chi connectivity index (χ3v) is 7.16. The lowest BCUT2D eigenvalue weighted by Gasteiger charge is -2.44. The number of nitrogens with one attached hydrogen (secondary N) is 2. The fraction of sp³-hybridized carbons (Fsp3) is 0.652. The molecule has 1 unspecified atom stereocenters. The number of β-lactam (4-membered cyclic amide) rings is 1. The molecule has 3 aliphatic heterocycles. The summed E-state index contributed by atoms with van der Waals surface area (Å²) < 4.78 is 15.0. The molecule has 1 aromatic rings. The summed E-state index contributed by atoms with van der Waals surface area (Å²) in [5.74, 6) is -2.72. The van der Waals surface area contributed by atoms with Crippen LogP contribution in [0.25, 0.3) is 0 Å². The first-order valence-corrected chi connectivity index (χ1v) is 11.6. The van der Waals surface area contributed by atoms with E-state index in [4.69, 9.17) is 0 Å². The van der Waals surface area contributed by atoms with Gasteiger partial charge in [0, 0.05) is 24.9 Å². The van der Waals surface area contributed by atoms with Crippen LogP contribution < -0.4 is 10.6 Å². The van der Waals surface area contributed by atoms with E-state index >= 15 is 4.39 Å². The van der Waals surface area contributed by atoms with Crippen LogP contribution in [0.5, 0.6) is 0 Å². The van der Waals surface area contributed by atoms with Gasteiger partial charge in [0.05, 0.1) is 18.8 Å². The second-order valence-corrected chi connectivity index (χ2v) is 10.3. The van der Waals surface area contributed by atoms with Gasteiger partial charge in [-0.25, -0.2) is 9.37 Å². The molecule has 0 saturated carbocycles. The predicted octanol–water partition coefficient (Wildman–Crippen LogP) is 0.151. The molecule has 3 fully saturated rings. The van der Waals surface area contributed by atoms with Crippen LogP contribution in [-0.4, -0.2) is 86.3 Å². The molecule has 10 nitrogen and oxygen atoms in total. The van der Waals surface area contributed by atoms with E-state index < -0.39 is 47.4 Å². The standard InChI is InChI=1S/C23H31FN6O4/c1-11(2)15(27-19(31)14-8-25-6-7-26-14)20(32)28-16(12(3)4)21(33)29-9-13-17-18(29)22(34)30(17)10-23(13,5)24/h6-8,11-13,15-18H,9-10H2,1-5H3,(H,27,31)(H,28,32)/t13-,15+,16-,17-,18?,23+/m0/s1. The van der Waals surface area contributed by atoms with Crippen molar-refractivity contribution in [2.45, 2.75) is 64.5 Å². The van der Waals surface area contributed by atoms with Crippen LogP contribution in [0, 0.1) is 17.8 Å². The molecule has 6 atom stereocenters. The van der Waals surface area contributed by atoms with Crippen molar-refractivity contribution in [1.82, 2.24) is 30.4 Å². The Hall–Kier alpha value is -3.11. The third-order valence-electron chi connectivity index (χ3n) is 7.16. The average Bonchev–Trinajstić information content (AvgIpc) is 3.26. The van der Waals surface area contributed by atoms with Crippen LogP contribution in [0.15, 0.2) is 18.6 Å². The van der Waals surface area contributed by atoms with Crippen molar-refractivity contribution < 1.29 is 23.6 Å². The number of likely N-dealkylation sites (tertiary alicyclic amines) is 1. The van der Waals surface area contributed by atoms with E-state index in [2.05, 4.69) is 20.6 Å². The summed E-state index contributed by atoms with van der Waals surface area (Å²) in [4.78, 5) is 62.5. The molecule has 0 radical (unpaired) electrons. The summed E-state index contributed by atoms with van der Waals surface area (Å²) in [6, 6.07) is -2.82. The van der Waals surface area contributed by atoms with Crippen molar-refractivity contribution in [1.29, 1.82) is 0 Å². The smallest absolute Gasteiger partial charge is 0.272 e. The Morgan fingerprint density at radius 3 is 2.38 bits per heavy atom. The molecule has 0 aromatic carbocycles. The first kappa shape index (κ1) is 24.0. The lowest BCUT2D eigenvalue weighted by molar-refractivity contribution is -0.158. The van der Waals surface area contributed by atoms with E-state index in [0.717, 1.165) is 0 Å². The summed E-state index contributed by atoms with van der Waals surface area (Å²) in [5, 5.41) is 5.43. The second kappa shape index (κ2) is 8.59. The molecular formula is C23H31FN6O4. The van der Waals surface area contributed by atoms with Crippen molar-refractivity contribution in [2.75, 3.05) is 13.1 Å². The Balaban J connectivity index is 1.48. The number of aromatic nitrogens is 2. The van der Waals surface area contributed by atoms with Gasteiger partial charge < -0.3 is 20.4 Å². The SMILES string of the molecule is CC(C)[C@H](NC(=O)[C@H](NC(=O)c1cnccn1)C(C)C)C(=O)N1C[C@H]2[C@H]3C1C(=O)N3C[C@@]2(C)F. The van der Waals surface area contributed by atoms with Gasteiger partial charge in [0.1, 0.15) is 29.5 Å². The number of halogens is 1. The van der Waals surface area contributed by atoms with Gasteiger partial charge in [-0.1, -0.05) is 27.7 Å². The van der Waals surface area contributed by atoms with Gasteiger partial charge in [-0.05, 0) is 18.8 Å². The Morgan fingerprint density at radius 1 is 1.12 bits per heavy atom. The summed E-state index contributed by atoms with van der Waals surface area (Å²) in [7, 11) is 0. The van der Waals surface area contributed by atoms with E-state index in [1.54, 1.807) is 27.7 Å². The molecular weight excluding hydrogens is 443 g/mol. The van der Waals surface area contributed by atoms with Crippen LogP contribution >= 0.6 is 0 Å². The highest BCUT2D eigenvalue weighted by Crippen LogP contribution is 2.50. The number of amides is 4. The van der Waals surface area contributed by atoms with Gasteiger partial charge in [0.25, 0.3) is 5.91 Å². The monoisotopic (exact) mass is 474 g/mol. The zero-order valence-electron chi connectivity index (χ0n) is 20.0. The normalized spacial score (nSPS) is 29.1. The minimum atomic E-state index is -1.55. The van der Waals surface area contributed by atoms with E-state index in [1.165, 1.54) is 35.3 Å². The van der Waals surface area contributed by atoms with Crippen molar-refractivity contribution >= 4 is 23.6 Å². The van der Waals surface area contributed by atoms with Gasteiger partial charge >= 0.3 is 0 Å². The van der Waals surface area contributed by atoms with Crippen LogP contribution in [0.4, 0.5) is 4.39 Å². The van der Waals surface area contributed by atoms with Gasteiger partial charge in [-0.3, -0.25) is 24.2 Å². The molecule has 34 heavy (non-hydrogen) atoms. The number of hydrogen-bond donors (Lipinski definition) is 2. The second-order valence-electron chi connectivity index (χ2n) is 10.3. The van der Waals surface area contributed by atoms with Crippen LogP contribution in [0.3, 0.4) is 0 Å². The molecule has 184 valence electrons. The molecule has 4 amide bonds. The zero-order chi connectivity index (χ0) is 24.9. The summed E-state index contributed by atoms with van der Waals surface area (Å²) in [6.07, 6.45) is 4.11. The maximum atomic E-state index is 15.0. The Kier molecular flexibility index (Phi) is 6.07. The van der Waals surface area contributed by atoms with Crippen LogP contribution in [0.1, 0.15) is 45.1 Å². The van der Waals surface area contributed by atoms with Gasteiger partial charge in [-0.2, -0.15) is 0 Å². The first-order chi connectivity index (χ1) is 15.9. The predicted molar refractivity (Wildman–Crippen MR) is 119 cm³/mol. The number of carbonyl (C=O) groups excluding carboxylic acids is 4. The Morgan fingerprint density at radius 2 is 1.79 bits per heavy atom. The van der Waals surface area contributed by atoms with Crippen LogP contribution in [-0.2, 0) is 14.4 Å². The summed E-state index contributed by atoms with van der Waals surface area (Å²) in [5.41, 5.74) is -1.48. The largest absolute Gasteiger partial charge is 0.342 e. The van der Waals surface area contributed by atoms with Gasteiger partial charge in [0.15, 0.2) is 0 Å². The summed E-state index contributed by atoms with van der Waals surface area (Å²) in [6.45, 7) is 8.80. The molecule has 4 heterocycles. The molecule has 11 heteroatoms. The minimum Gasteiger partial charge on any atom is -0.342 e. The maximum absolute atomic E-state index is 15.0. The fourth-order valence-corrected chi connectivity index (χ4v) is 5.25. The number of rotatable bonds is 7. The number of carbonyl (C=O) groups is 4. The number of hydrogen-bond acceptors (Lipinski definition) is 6. The zero-order valence-corrected chi connectivity index (χ0v) is 20.0. The first-order valence-electron chi connectivity index (χ1n) is 11.6. The maximum Gasteiger partial charge on any atom is 0.272 e. The van der Waals surface area contributed by atoms with E-state index in [1.807, 2.05) is 0 Å². The number of nitrogens with zero attached hydrogens (tertiary/aromatic N) is 4. The quantitative estimate of drug-likeness (QED) is 0.542.